The fourth-order valence-corrected chi connectivity index (χ4v) is 3.15. The summed E-state index contributed by atoms with van der Waals surface area (Å²) in [6, 6.07) is 11.2. The second kappa shape index (κ2) is 8.08. The van der Waals surface area contributed by atoms with Crippen LogP contribution in [0, 0.1) is 0 Å². The number of aromatic nitrogens is 3. The third kappa shape index (κ3) is 3.80. The van der Waals surface area contributed by atoms with E-state index in [1.165, 1.54) is 0 Å². The third-order valence-corrected chi connectivity index (χ3v) is 4.54. The Hall–Kier alpha value is -3.42. The van der Waals surface area contributed by atoms with Crippen LogP contribution in [0.1, 0.15) is 13.3 Å². The molecule has 1 atom stereocenters. The van der Waals surface area contributed by atoms with Gasteiger partial charge in [-0.2, -0.15) is 4.98 Å². The van der Waals surface area contributed by atoms with E-state index in [0.29, 0.717) is 37.1 Å². The zero-order valence-electron chi connectivity index (χ0n) is 15.5. The van der Waals surface area contributed by atoms with Crippen LogP contribution in [-0.4, -0.2) is 51.8 Å². The number of hydrogen-bond acceptors (Lipinski definition) is 6. The van der Waals surface area contributed by atoms with Crippen molar-refractivity contribution >= 4 is 6.03 Å². The summed E-state index contributed by atoms with van der Waals surface area (Å²) in [7, 11) is 0. The summed E-state index contributed by atoms with van der Waals surface area (Å²) >= 11 is 0. The average molecular weight is 379 g/mol. The van der Waals surface area contributed by atoms with Crippen LogP contribution < -0.4 is 10.1 Å². The topological polar surface area (TPSA) is 93.4 Å². The third-order valence-electron chi connectivity index (χ3n) is 4.54. The molecule has 1 aromatic carbocycles. The van der Waals surface area contributed by atoms with Gasteiger partial charge in [0.2, 0.25) is 5.82 Å². The second-order valence-electron chi connectivity index (χ2n) is 6.47. The van der Waals surface area contributed by atoms with Crippen LogP contribution in [0.15, 0.2) is 53.3 Å². The van der Waals surface area contributed by atoms with Gasteiger partial charge >= 0.3 is 6.03 Å². The average Bonchev–Trinajstić information content (AvgIpc) is 3.39. The van der Waals surface area contributed by atoms with E-state index in [0.717, 1.165) is 17.5 Å². The van der Waals surface area contributed by atoms with Crippen LogP contribution in [0.2, 0.25) is 0 Å². The van der Waals surface area contributed by atoms with Gasteiger partial charge in [-0.3, -0.25) is 4.98 Å². The van der Waals surface area contributed by atoms with Crippen LogP contribution in [0.5, 0.6) is 5.75 Å². The fourth-order valence-electron chi connectivity index (χ4n) is 3.15. The molecule has 28 heavy (non-hydrogen) atoms. The van der Waals surface area contributed by atoms with Crippen molar-refractivity contribution in [1.82, 2.24) is 25.3 Å². The lowest BCUT2D eigenvalue weighted by atomic mass is 10.2. The van der Waals surface area contributed by atoms with E-state index in [4.69, 9.17) is 9.26 Å². The molecule has 0 bridgehead atoms. The predicted octanol–water partition coefficient (Wildman–Crippen LogP) is 2.98. The van der Waals surface area contributed by atoms with Gasteiger partial charge < -0.3 is 19.5 Å². The number of nitrogens with one attached hydrogen (secondary N) is 1. The molecule has 1 saturated heterocycles. The molecule has 1 fully saturated rings. The maximum Gasteiger partial charge on any atom is 0.317 e. The lowest BCUT2D eigenvalue weighted by Gasteiger charge is -2.18. The molecular weight excluding hydrogens is 358 g/mol. The highest BCUT2D eigenvalue weighted by Crippen LogP contribution is 2.31. The highest BCUT2D eigenvalue weighted by atomic mass is 16.5. The molecule has 2 aromatic heterocycles. The molecule has 2 amide bonds. The van der Waals surface area contributed by atoms with Gasteiger partial charge in [0, 0.05) is 37.5 Å². The van der Waals surface area contributed by atoms with Crippen molar-refractivity contribution in [2.75, 3.05) is 19.6 Å². The summed E-state index contributed by atoms with van der Waals surface area (Å²) in [5.41, 5.74) is 1.56. The number of carbonyl (C=O) groups excluding carboxylic acids is 1. The Bertz CT molecular complexity index is 944. The van der Waals surface area contributed by atoms with Crippen LogP contribution in [0.3, 0.4) is 0 Å². The van der Waals surface area contributed by atoms with Gasteiger partial charge in [0.1, 0.15) is 11.9 Å². The first-order valence-corrected chi connectivity index (χ1v) is 9.27. The SMILES string of the molecule is CCNC(=O)N1CCC(Oc2ccccc2-c2nc(-c3ccncc3)no2)C1. The summed E-state index contributed by atoms with van der Waals surface area (Å²) in [5.74, 6) is 1.55. The number of pyridine rings is 1. The van der Waals surface area contributed by atoms with Gasteiger partial charge in [-0.1, -0.05) is 17.3 Å². The van der Waals surface area contributed by atoms with E-state index in [2.05, 4.69) is 20.4 Å². The summed E-state index contributed by atoms with van der Waals surface area (Å²) in [6.07, 6.45) is 4.06. The monoisotopic (exact) mass is 379 g/mol. The first-order valence-electron chi connectivity index (χ1n) is 9.27. The van der Waals surface area contributed by atoms with Crippen LogP contribution in [0.25, 0.3) is 22.8 Å². The zero-order valence-corrected chi connectivity index (χ0v) is 15.5. The Labute approximate surface area is 162 Å². The van der Waals surface area contributed by atoms with Gasteiger partial charge in [0.05, 0.1) is 12.1 Å². The Morgan fingerprint density at radius 2 is 2.11 bits per heavy atom. The van der Waals surface area contributed by atoms with Crippen molar-refractivity contribution in [3.63, 3.8) is 0 Å². The molecule has 3 heterocycles. The number of likely N-dealkylation sites (tertiary alicyclic amines) is 1. The van der Waals surface area contributed by atoms with Crippen molar-refractivity contribution in [2.45, 2.75) is 19.4 Å². The lowest BCUT2D eigenvalue weighted by Crippen LogP contribution is -2.39. The minimum absolute atomic E-state index is 0.0548. The number of nitrogens with zero attached hydrogens (tertiary/aromatic N) is 4. The molecule has 4 rings (SSSR count). The predicted molar refractivity (Wildman–Crippen MR) is 103 cm³/mol. The molecular formula is C20H21N5O3. The van der Waals surface area contributed by atoms with E-state index in [-0.39, 0.29) is 12.1 Å². The number of hydrogen-bond donors (Lipinski definition) is 1. The molecule has 144 valence electrons. The van der Waals surface area contributed by atoms with Crippen LogP contribution in [-0.2, 0) is 0 Å². The molecule has 0 saturated carbocycles. The van der Waals surface area contributed by atoms with Crippen molar-refractivity contribution in [3.05, 3.63) is 48.8 Å². The maximum atomic E-state index is 12.0. The molecule has 0 aliphatic carbocycles. The first kappa shape index (κ1) is 18.0. The highest BCUT2D eigenvalue weighted by molar-refractivity contribution is 5.74. The molecule has 0 radical (unpaired) electrons. The van der Waals surface area contributed by atoms with Gasteiger partial charge in [-0.25, -0.2) is 4.79 Å². The number of amides is 2. The molecule has 1 unspecified atom stereocenters. The van der Waals surface area contributed by atoms with E-state index in [1.807, 2.05) is 43.3 Å². The fraction of sp³-hybridized carbons (Fsp3) is 0.300. The number of para-hydroxylation sites is 1. The smallest absolute Gasteiger partial charge is 0.317 e. The largest absolute Gasteiger partial charge is 0.488 e. The maximum absolute atomic E-state index is 12.0. The highest BCUT2D eigenvalue weighted by Gasteiger charge is 2.28. The van der Waals surface area contributed by atoms with E-state index >= 15 is 0 Å². The Morgan fingerprint density at radius 1 is 1.29 bits per heavy atom. The molecule has 8 nitrogen and oxygen atoms in total. The first-order chi connectivity index (χ1) is 13.7. The van der Waals surface area contributed by atoms with Crippen molar-refractivity contribution in [2.24, 2.45) is 0 Å². The number of urea groups is 1. The molecule has 3 aromatic rings. The summed E-state index contributed by atoms with van der Waals surface area (Å²) in [4.78, 5) is 22.3. The Balaban J connectivity index is 1.51. The summed E-state index contributed by atoms with van der Waals surface area (Å²) in [5, 5.41) is 6.88. The van der Waals surface area contributed by atoms with Crippen molar-refractivity contribution in [3.8, 4) is 28.6 Å². The number of benzene rings is 1. The quantitative estimate of drug-likeness (QED) is 0.732. The molecule has 0 spiro atoms. The Morgan fingerprint density at radius 3 is 2.93 bits per heavy atom. The van der Waals surface area contributed by atoms with E-state index < -0.39 is 0 Å². The van der Waals surface area contributed by atoms with Gasteiger partial charge in [-0.05, 0) is 31.2 Å². The van der Waals surface area contributed by atoms with Gasteiger partial charge in [0.15, 0.2) is 0 Å². The molecule has 1 aliphatic heterocycles. The van der Waals surface area contributed by atoms with E-state index in [9.17, 15) is 4.79 Å². The van der Waals surface area contributed by atoms with Gasteiger partial charge in [-0.15, -0.1) is 0 Å². The normalized spacial score (nSPS) is 16.2. The number of ether oxygens (including phenoxy) is 1. The van der Waals surface area contributed by atoms with Crippen molar-refractivity contribution in [1.29, 1.82) is 0 Å². The minimum Gasteiger partial charge on any atom is -0.488 e. The number of rotatable bonds is 5. The Kier molecular flexibility index (Phi) is 5.18. The standard InChI is InChI=1S/C20H21N5O3/c1-2-22-20(26)25-12-9-15(13-25)27-17-6-4-3-5-16(17)19-23-18(24-28-19)14-7-10-21-11-8-14/h3-8,10-11,15H,2,9,12-13H2,1H3,(H,22,26). The molecule has 1 aliphatic rings. The van der Waals surface area contributed by atoms with E-state index in [1.54, 1.807) is 17.3 Å². The molecule has 1 N–H and O–H groups in total. The van der Waals surface area contributed by atoms with Crippen LogP contribution >= 0.6 is 0 Å². The summed E-state index contributed by atoms with van der Waals surface area (Å²) < 4.78 is 11.6. The van der Waals surface area contributed by atoms with Crippen LogP contribution in [0.4, 0.5) is 4.79 Å². The van der Waals surface area contributed by atoms with Crippen molar-refractivity contribution < 1.29 is 14.1 Å². The summed E-state index contributed by atoms with van der Waals surface area (Å²) in [6.45, 7) is 3.74. The second-order valence-corrected chi connectivity index (χ2v) is 6.47. The molecule has 8 heteroatoms. The minimum atomic E-state index is -0.0775. The van der Waals surface area contributed by atoms with Gasteiger partial charge in [0.25, 0.3) is 5.89 Å². The number of carbonyl (C=O) groups is 1. The lowest BCUT2D eigenvalue weighted by molar-refractivity contribution is 0.187. The zero-order chi connectivity index (χ0) is 19.3.